The van der Waals surface area contributed by atoms with Gasteiger partial charge in [-0.1, -0.05) is 53.9 Å². The van der Waals surface area contributed by atoms with Gasteiger partial charge < -0.3 is 23.5 Å². The van der Waals surface area contributed by atoms with Crippen LogP contribution in [0.25, 0.3) is 22.3 Å². The molecule has 0 heterocycles. The Morgan fingerprint density at radius 3 is 1.54 bits per heavy atom. The topological polar surface area (TPSA) is 111 Å². The van der Waals surface area contributed by atoms with Gasteiger partial charge >= 0.3 is 51.4 Å². The smallest absolute Gasteiger partial charge is 0.744 e. The van der Waals surface area contributed by atoms with Crippen molar-refractivity contribution in [3.8, 4) is 74.8 Å². The Hall–Kier alpha value is -5.48. The zero-order chi connectivity index (χ0) is 39.2. The van der Waals surface area contributed by atoms with E-state index in [0.29, 0.717) is 28.4 Å². The second-order valence-electron chi connectivity index (χ2n) is 12.7. The Balaban J connectivity index is 0.00000549. The van der Waals surface area contributed by atoms with Crippen LogP contribution >= 0.6 is 0 Å². The van der Waals surface area contributed by atoms with E-state index in [0.717, 1.165) is 45.2 Å². The molecule has 7 aromatic carbocycles. The van der Waals surface area contributed by atoms with E-state index in [1.165, 1.54) is 24.3 Å². The summed E-state index contributed by atoms with van der Waals surface area (Å²) < 4.78 is 60.4. The molecule has 0 aromatic heterocycles. The number of aryl methyl sites for hydroxylation is 1. The molecule has 0 aliphatic carbocycles. The predicted molar refractivity (Wildman–Crippen MR) is 214 cm³/mol. The molecule has 0 saturated carbocycles. The van der Waals surface area contributed by atoms with Crippen molar-refractivity contribution < 1.29 is 88.1 Å². The van der Waals surface area contributed by atoms with Crippen molar-refractivity contribution in [2.45, 2.75) is 11.8 Å². The standard InChI is InChI=1S/C47H34O8S.K/c1-4-32-6-8-35(9-7-32)43-29-31(2)5-27-44(43)55-42-26-28-45(46(30-42)56(49,50)51)54-41-24-16-37(17-25-41)47(48)36-14-22-40(23-15-36)53-39-20-12-34(13-21-39)33-10-18-38(52-3)19-11-33;/h1,5-30H,2-3H3,(H,49,50,51);/q;+1/p-1. The number of hydrogen-bond acceptors (Lipinski definition) is 8. The van der Waals surface area contributed by atoms with Crippen LogP contribution < -0.4 is 70.3 Å². The third kappa shape index (κ3) is 10.1. The van der Waals surface area contributed by atoms with Crippen molar-refractivity contribution in [3.05, 3.63) is 180 Å². The molecular formula is C47H33KO8S. The number of terminal acetylenes is 1. The van der Waals surface area contributed by atoms with E-state index in [9.17, 15) is 17.8 Å². The zero-order valence-corrected chi connectivity index (χ0v) is 35.2. The van der Waals surface area contributed by atoms with Crippen molar-refractivity contribution in [1.29, 1.82) is 0 Å². The number of benzene rings is 7. The summed E-state index contributed by atoms with van der Waals surface area (Å²) in [7, 11) is -3.35. The number of hydrogen-bond donors (Lipinski definition) is 0. The average molecular weight is 797 g/mol. The molecule has 0 radical (unpaired) electrons. The summed E-state index contributed by atoms with van der Waals surface area (Å²) in [6.07, 6.45) is 5.51. The van der Waals surface area contributed by atoms with Crippen LogP contribution in [0.2, 0.25) is 0 Å². The van der Waals surface area contributed by atoms with E-state index in [1.54, 1.807) is 49.6 Å². The van der Waals surface area contributed by atoms with Gasteiger partial charge in [0.15, 0.2) is 5.78 Å². The molecule has 0 fully saturated rings. The van der Waals surface area contributed by atoms with Crippen LogP contribution in [-0.2, 0) is 10.1 Å². The first kappa shape index (κ1) is 41.2. The maximum atomic E-state index is 13.3. The number of ketones is 1. The van der Waals surface area contributed by atoms with Gasteiger partial charge in [-0.3, -0.25) is 4.79 Å². The Morgan fingerprint density at radius 2 is 1.02 bits per heavy atom. The fourth-order valence-electron chi connectivity index (χ4n) is 5.94. The summed E-state index contributed by atoms with van der Waals surface area (Å²) in [6, 6.07) is 45.4. The maximum absolute atomic E-state index is 13.3. The van der Waals surface area contributed by atoms with Crippen LogP contribution in [0.1, 0.15) is 27.0 Å². The van der Waals surface area contributed by atoms with E-state index in [2.05, 4.69) is 5.92 Å². The van der Waals surface area contributed by atoms with Crippen LogP contribution in [0.4, 0.5) is 0 Å². The third-order valence-electron chi connectivity index (χ3n) is 8.88. The first-order valence-electron chi connectivity index (χ1n) is 17.4. The largest absolute Gasteiger partial charge is 1.00 e. The summed E-state index contributed by atoms with van der Waals surface area (Å²) >= 11 is 0. The molecule has 0 amide bonds. The van der Waals surface area contributed by atoms with Crippen LogP contribution in [0.15, 0.2) is 163 Å². The van der Waals surface area contributed by atoms with Gasteiger partial charge in [0.05, 0.1) is 7.11 Å². The zero-order valence-electron chi connectivity index (χ0n) is 31.3. The first-order chi connectivity index (χ1) is 27.1. The molecule has 0 unspecified atom stereocenters. The summed E-state index contributed by atoms with van der Waals surface area (Å²) in [5.41, 5.74) is 6.22. The van der Waals surface area contributed by atoms with Crippen molar-refractivity contribution in [2.75, 3.05) is 7.11 Å². The van der Waals surface area contributed by atoms with E-state index in [4.69, 9.17) is 25.4 Å². The number of methoxy groups -OCH3 is 1. The monoisotopic (exact) mass is 796 g/mol. The van der Waals surface area contributed by atoms with E-state index >= 15 is 0 Å². The maximum Gasteiger partial charge on any atom is 1.00 e. The number of rotatable bonds is 12. The second-order valence-corrected chi connectivity index (χ2v) is 14.1. The average Bonchev–Trinajstić information content (AvgIpc) is 3.22. The minimum Gasteiger partial charge on any atom is -0.744 e. The second kappa shape index (κ2) is 18.2. The minimum absolute atomic E-state index is 0. The van der Waals surface area contributed by atoms with Gasteiger partial charge in [0.2, 0.25) is 0 Å². The summed E-state index contributed by atoms with van der Waals surface area (Å²) in [6.45, 7) is 1.94. The van der Waals surface area contributed by atoms with Gasteiger partial charge in [-0.2, -0.15) is 0 Å². The molecule has 276 valence electrons. The molecule has 0 aliphatic rings. The molecule has 0 aliphatic heterocycles. The summed E-state index contributed by atoms with van der Waals surface area (Å²) in [5.74, 6) is 4.97. The first-order valence-corrected chi connectivity index (χ1v) is 18.8. The molecule has 57 heavy (non-hydrogen) atoms. The minimum atomic E-state index is -4.98. The van der Waals surface area contributed by atoms with Gasteiger partial charge in [0.25, 0.3) is 0 Å². The Bertz CT molecular complexity index is 2670. The predicted octanol–water partition coefficient (Wildman–Crippen LogP) is 7.83. The summed E-state index contributed by atoms with van der Waals surface area (Å²) in [5, 5.41) is 0. The molecule has 0 bridgehead atoms. The molecule has 10 heteroatoms. The normalized spacial score (nSPS) is 10.8. The van der Waals surface area contributed by atoms with Crippen LogP contribution in [0.3, 0.4) is 0 Å². The summed E-state index contributed by atoms with van der Waals surface area (Å²) in [4.78, 5) is 12.7. The molecule has 0 atom stereocenters. The van der Waals surface area contributed by atoms with Crippen LogP contribution in [0, 0.1) is 19.3 Å². The Kier molecular flexibility index (Phi) is 13.1. The van der Waals surface area contributed by atoms with Gasteiger partial charge in [-0.05, 0) is 133 Å². The van der Waals surface area contributed by atoms with Crippen molar-refractivity contribution in [1.82, 2.24) is 0 Å². The molecule has 8 nitrogen and oxygen atoms in total. The molecule has 0 saturated heterocycles. The van der Waals surface area contributed by atoms with Gasteiger partial charge in [-0.15, -0.1) is 6.42 Å². The molecule has 7 rings (SSSR count). The molecule has 7 aromatic rings. The fourth-order valence-corrected chi connectivity index (χ4v) is 6.56. The fraction of sp³-hybridized carbons (Fsp3) is 0.0426. The molecule has 0 N–H and O–H groups in total. The third-order valence-corrected chi connectivity index (χ3v) is 9.74. The molecular weight excluding hydrogens is 764 g/mol. The van der Waals surface area contributed by atoms with Crippen molar-refractivity contribution in [3.63, 3.8) is 0 Å². The SMILES string of the molecule is C#Cc1ccc(-c2cc(C)ccc2Oc2ccc(Oc3ccc(C(=O)c4ccc(Oc5ccc(-c6ccc(OC)cc6)cc5)cc4)cc3)c(S(=O)(=O)[O-])c2)cc1.[K+]. The number of ether oxygens (including phenoxy) is 4. The van der Waals surface area contributed by atoms with Crippen molar-refractivity contribution >= 4 is 15.9 Å². The molecule has 0 spiro atoms. The van der Waals surface area contributed by atoms with Gasteiger partial charge in [0, 0.05) is 28.3 Å². The number of carbonyl (C=O) groups is 1. The van der Waals surface area contributed by atoms with E-state index in [-0.39, 0.29) is 74.4 Å². The van der Waals surface area contributed by atoms with Crippen LogP contribution in [-0.4, -0.2) is 25.9 Å². The Morgan fingerprint density at radius 1 is 0.561 bits per heavy atom. The van der Waals surface area contributed by atoms with Crippen molar-refractivity contribution in [2.24, 2.45) is 0 Å². The van der Waals surface area contributed by atoms with Crippen LogP contribution in [0.5, 0.6) is 40.2 Å². The van der Waals surface area contributed by atoms with E-state index < -0.39 is 15.0 Å². The quantitative estimate of drug-likeness (QED) is 0.0533. The van der Waals surface area contributed by atoms with E-state index in [1.807, 2.05) is 91.9 Å². The van der Waals surface area contributed by atoms with Gasteiger partial charge in [-0.25, -0.2) is 8.42 Å². The van der Waals surface area contributed by atoms with Gasteiger partial charge in [0.1, 0.15) is 55.3 Å². The Labute approximate surface area is 374 Å². The number of carbonyl (C=O) groups excluding carboxylic acids is 1.